The maximum atomic E-state index is 13.1. The summed E-state index contributed by atoms with van der Waals surface area (Å²) in [5, 5.41) is 11.5. The molecule has 29 heavy (non-hydrogen) atoms. The van der Waals surface area contributed by atoms with Gasteiger partial charge in [-0.15, -0.1) is 0 Å². The van der Waals surface area contributed by atoms with Crippen LogP contribution in [0.3, 0.4) is 0 Å². The van der Waals surface area contributed by atoms with Crippen LogP contribution in [0.25, 0.3) is 0 Å². The molecule has 1 fully saturated rings. The molecule has 2 heterocycles. The largest absolute Gasteiger partial charge is 0.497 e. The minimum absolute atomic E-state index is 0.242. The number of halogens is 1. The highest BCUT2D eigenvalue weighted by Gasteiger charge is 2.55. The summed E-state index contributed by atoms with van der Waals surface area (Å²) < 4.78 is 18.3. The molecular weight excluding hydrogens is 381 g/mol. The van der Waals surface area contributed by atoms with Gasteiger partial charge in [-0.3, -0.25) is 19.4 Å². The fraction of sp³-hybridized carbons (Fsp3) is 0.211. The third-order valence-electron chi connectivity index (χ3n) is 4.60. The second-order valence-electron chi connectivity index (χ2n) is 6.46. The van der Waals surface area contributed by atoms with Crippen LogP contribution in [0, 0.1) is 5.82 Å². The summed E-state index contributed by atoms with van der Waals surface area (Å²) in [5.41, 5.74) is 0.760. The lowest BCUT2D eigenvalue weighted by atomic mass is 10.1. The van der Waals surface area contributed by atoms with Crippen molar-refractivity contribution in [1.82, 2.24) is 5.01 Å². The Balaban J connectivity index is 1.47. The third kappa shape index (κ3) is 3.40. The zero-order valence-corrected chi connectivity index (χ0v) is 15.3. The first-order valence-corrected chi connectivity index (χ1v) is 8.72. The van der Waals surface area contributed by atoms with Crippen LogP contribution in [0.2, 0.25) is 0 Å². The predicted octanol–water partition coefficient (Wildman–Crippen LogP) is 1.77. The Hall–Kier alpha value is -3.82. The SMILES string of the molecule is COc1cccc(NC(=O)CN2N=N[C@H]3C(=O)N(c4ccc(F)cc4)C(=O)[C@@H]32)c1. The van der Waals surface area contributed by atoms with Gasteiger partial charge in [-0.2, -0.15) is 5.11 Å². The molecule has 0 saturated carbocycles. The van der Waals surface area contributed by atoms with E-state index < -0.39 is 35.6 Å². The molecule has 0 unspecified atom stereocenters. The monoisotopic (exact) mass is 397 g/mol. The summed E-state index contributed by atoms with van der Waals surface area (Å²) in [6.45, 7) is -0.266. The summed E-state index contributed by atoms with van der Waals surface area (Å²) in [5.74, 6) is -1.46. The van der Waals surface area contributed by atoms with Gasteiger partial charge in [0.25, 0.3) is 11.8 Å². The van der Waals surface area contributed by atoms with Crippen LogP contribution >= 0.6 is 0 Å². The van der Waals surface area contributed by atoms with Crippen LogP contribution in [0.4, 0.5) is 15.8 Å². The van der Waals surface area contributed by atoms with Crippen molar-refractivity contribution in [2.75, 3.05) is 23.9 Å². The van der Waals surface area contributed by atoms with E-state index in [-0.39, 0.29) is 12.2 Å². The standard InChI is InChI=1S/C19H16FN5O4/c1-29-14-4-2-3-12(9-14)21-15(26)10-24-17-16(22-23-24)18(27)25(19(17)28)13-7-5-11(20)6-8-13/h2-9,16-17H,10H2,1H3,(H,21,26)/t16-,17-/m1/s1. The fourth-order valence-corrected chi connectivity index (χ4v) is 3.25. The molecule has 0 aromatic heterocycles. The number of imide groups is 1. The molecule has 0 radical (unpaired) electrons. The number of carbonyl (C=O) groups excluding carboxylic acids is 3. The van der Waals surface area contributed by atoms with Crippen molar-refractivity contribution in [3.8, 4) is 5.75 Å². The number of hydrogen-bond donors (Lipinski definition) is 1. The molecule has 0 spiro atoms. The molecule has 2 aliphatic heterocycles. The van der Waals surface area contributed by atoms with Crippen LogP contribution in [-0.4, -0.2) is 48.5 Å². The lowest BCUT2D eigenvalue weighted by Crippen LogP contribution is -2.43. The van der Waals surface area contributed by atoms with Gasteiger partial charge in [0.05, 0.1) is 12.8 Å². The molecule has 2 atom stereocenters. The summed E-state index contributed by atoms with van der Waals surface area (Å²) in [6.07, 6.45) is 0. The van der Waals surface area contributed by atoms with E-state index in [2.05, 4.69) is 15.7 Å². The van der Waals surface area contributed by atoms with Crippen molar-refractivity contribution in [1.29, 1.82) is 0 Å². The number of nitrogens with one attached hydrogen (secondary N) is 1. The van der Waals surface area contributed by atoms with Gasteiger partial charge in [-0.1, -0.05) is 11.3 Å². The van der Waals surface area contributed by atoms with Crippen LogP contribution in [0.1, 0.15) is 0 Å². The van der Waals surface area contributed by atoms with Crippen molar-refractivity contribution >= 4 is 29.1 Å². The normalized spacial score (nSPS) is 20.2. The number of nitrogens with zero attached hydrogens (tertiary/aromatic N) is 4. The van der Waals surface area contributed by atoms with Gasteiger partial charge in [0.1, 0.15) is 18.1 Å². The number of amides is 3. The van der Waals surface area contributed by atoms with Gasteiger partial charge in [0.2, 0.25) is 5.91 Å². The molecule has 1 N–H and O–H groups in total. The van der Waals surface area contributed by atoms with Crippen molar-refractivity contribution in [2.45, 2.75) is 12.1 Å². The molecule has 148 valence electrons. The quantitative estimate of drug-likeness (QED) is 0.775. The van der Waals surface area contributed by atoms with E-state index >= 15 is 0 Å². The molecule has 2 aliphatic rings. The molecule has 10 heteroatoms. The molecule has 9 nitrogen and oxygen atoms in total. The minimum atomic E-state index is -1.03. The molecule has 1 saturated heterocycles. The molecule has 2 aromatic carbocycles. The number of benzene rings is 2. The zero-order chi connectivity index (χ0) is 20.5. The van der Waals surface area contributed by atoms with Crippen LogP contribution in [0.5, 0.6) is 5.75 Å². The number of methoxy groups -OCH3 is 1. The molecule has 2 aromatic rings. The van der Waals surface area contributed by atoms with Gasteiger partial charge < -0.3 is 10.1 Å². The number of rotatable bonds is 5. The van der Waals surface area contributed by atoms with Crippen LogP contribution in [0.15, 0.2) is 58.9 Å². The Bertz CT molecular complexity index is 1010. The van der Waals surface area contributed by atoms with Gasteiger partial charge in [-0.25, -0.2) is 9.29 Å². The average Bonchev–Trinajstić information content (AvgIpc) is 3.23. The maximum Gasteiger partial charge on any atom is 0.263 e. The Labute approximate surface area is 164 Å². The Morgan fingerprint density at radius 1 is 1.17 bits per heavy atom. The number of ether oxygens (including phenoxy) is 1. The smallest absolute Gasteiger partial charge is 0.263 e. The first-order valence-electron chi connectivity index (χ1n) is 8.72. The molecular formula is C19H16FN5O4. The van der Waals surface area contributed by atoms with E-state index in [1.807, 2.05) is 0 Å². The second-order valence-corrected chi connectivity index (χ2v) is 6.46. The number of carbonyl (C=O) groups is 3. The van der Waals surface area contributed by atoms with Gasteiger partial charge in [-0.05, 0) is 36.4 Å². The summed E-state index contributed by atoms with van der Waals surface area (Å²) in [7, 11) is 1.52. The highest BCUT2D eigenvalue weighted by Crippen LogP contribution is 2.31. The second kappa shape index (κ2) is 7.30. The number of anilines is 2. The summed E-state index contributed by atoms with van der Waals surface area (Å²) >= 11 is 0. The van der Waals surface area contributed by atoms with Gasteiger partial charge >= 0.3 is 0 Å². The van der Waals surface area contributed by atoms with E-state index in [9.17, 15) is 18.8 Å². The van der Waals surface area contributed by atoms with E-state index in [4.69, 9.17) is 4.74 Å². The van der Waals surface area contributed by atoms with Crippen LogP contribution in [-0.2, 0) is 14.4 Å². The third-order valence-corrected chi connectivity index (χ3v) is 4.60. The average molecular weight is 397 g/mol. The lowest BCUT2D eigenvalue weighted by Gasteiger charge is -2.20. The van der Waals surface area contributed by atoms with Crippen molar-refractivity contribution < 1.29 is 23.5 Å². The highest BCUT2D eigenvalue weighted by atomic mass is 19.1. The predicted molar refractivity (Wildman–Crippen MR) is 99.7 cm³/mol. The highest BCUT2D eigenvalue weighted by molar-refractivity contribution is 6.25. The minimum Gasteiger partial charge on any atom is -0.497 e. The Kier molecular flexibility index (Phi) is 4.67. The Morgan fingerprint density at radius 3 is 2.66 bits per heavy atom. The van der Waals surface area contributed by atoms with Crippen molar-refractivity contribution in [3.05, 3.63) is 54.3 Å². The van der Waals surface area contributed by atoms with Crippen molar-refractivity contribution in [3.63, 3.8) is 0 Å². The van der Waals surface area contributed by atoms with E-state index in [1.165, 1.54) is 24.3 Å². The zero-order valence-electron chi connectivity index (χ0n) is 15.3. The topological polar surface area (TPSA) is 104 Å². The van der Waals surface area contributed by atoms with Crippen LogP contribution < -0.4 is 15.0 Å². The molecule has 0 aliphatic carbocycles. The van der Waals surface area contributed by atoms with E-state index in [0.717, 1.165) is 17.0 Å². The van der Waals surface area contributed by atoms with Gasteiger partial charge in [0.15, 0.2) is 12.1 Å². The lowest BCUT2D eigenvalue weighted by molar-refractivity contribution is -0.123. The summed E-state index contributed by atoms with van der Waals surface area (Å²) in [6, 6.07) is 9.74. The molecule has 4 rings (SSSR count). The Morgan fingerprint density at radius 2 is 1.93 bits per heavy atom. The van der Waals surface area contributed by atoms with E-state index in [1.54, 1.807) is 24.3 Å². The number of fused-ring (bicyclic) bond motifs is 1. The molecule has 3 amide bonds. The fourth-order valence-electron chi connectivity index (χ4n) is 3.25. The van der Waals surface area contributed by atoms with Crippen molar-refractivity contribution in [2.24, 2.45) is 10.3 Å². The first kappa shape index (κ1) is 18.5. The maximum absolute atomic E-state index is 13.1. The van der Waals surface area contributed by atoms with Gasteiger partial charge in [0, 0.05) is 11.8 Å². The number of hydrogen-bond acceptors (Lipinski definition) is 7. The first-order chi connectivity index (χ1) is 14.0. The summed E-state index contributed by atoms with van der Waals surface area (Å²) in [4.78, 5) is 38.7. The van der Waals surface area contributed by atoms with E-state index in [0.29, 0.717) is 11.4 Å². The molecule has 0 bridgehead atoms.